The van der Waals surface area contributed by atoms with Gasteiger partial charge in [0.2, 0.25) is 0 Å². The molecule has 1 aliphatic carbocycles. The molecule has 5 nitrogen and oxygen atoms in total. The Kier molecular flexibility index (Phi) is 2.25. The van der Waals surface area contributed by atoms with Gasteiger partial charge in [-0.2, -0.15) is 5.10 Å². The lowest BCUT2D eigenvalue weighted by Gasteiger charge is -2.17. The summed E-state index contributed by atoms with van der Waals surface area (Å²) in [5.41, 5.74) is 8.16. The Morgan fingerprint density at radius 1 is 1.71 bits per heavy atom. The van der Waals surface area contributed by atoms with E-state index in [9.17, 15) is 4.79 Å². The quantitative estimate of drug-likeness (QED) is 0.618. The second-order valence-electron chi connectivity index (χ2n) is 3.52. The molecule has 1 aromatic heterocycles. The van der Waals surface area contributed by atoms with E-state index >= 15 is 0 Å². The summed E-state index contributed by atoms with van der Waals surface area (Å²) in [7, 11) is 1.36. The summed E-state index contributed by atoms with van der Waals surface area (Å²) in [4.78, 5) is 11.3. The smallest absolute Gasteiger partial charge is 0.358 e. The summed E-state index contributed by atoms with van der Waals surface area (Å²) in [5.74, 6) is -0.377. The molecule has 0 saturated carbocycles. The van der Waals surface area contributed by atoms with E-state index in [4.69, 9.17) is 5.73 Å². The number of rotatable bonds is 1. The zero-order valence-corrected chi connectivity index (χ0v) is 8.04. The Labute approximate surface area is 81.6 Å². The van der Waals surface area contributed by atoms with Crippen molar-refractivity contribution in [1.29, 1.82) is 0 Å². The molecule has 1 aliphatic rings. The molecular formula is C9H13N3O2. The van der Waals surface area contributed by atoms with Crippen LogP contribution in [0.5, 0.6) is 0 Å². The van der Waals surface area contributed by atoms with Gasteiger partial charge >= 0.3 is 5.97 Å². The SMILES string of the molecule is COC(=O)c1n[nH]c2c1CCC(N)C2. The molecule has 0 fully saturated rings. The predicted molar refractivity (Wildman–Crippen MR) is 49.9 cm³/mol. The lowest BCUT2D eigenvalue weighted by molar-refractivity contribution is 0.0592. The molecule has 76 valence electrons. The molecule has 0 aromatic carbocycles. The van der Waals surface area contributed by atoms with E-state index < -0.39 is 0 Å². The number of nitrogens with zero attached hydrogens (tertiary/aromatic N) is 1. The van der Waals surface area contributed by atoms with E-state index in [1.54, 1.807) is 0 Å². The first-order chi connectivity index (χ1) is 6.72. The number of ether oxygens (including phenoxy) is 1. The van der Waals surface area contributed by atoms with Crippen LogP contribution in [0, 0.1) is 0 Å². The highest BCUT2D eigenvalue weighted by atomic mass is 16.5. The monoisotopic (exact) mass is 195 g/mol. The zero-order valence-electron chi connectivity index (χ0n) is 8.04. The van der Waals surface area contributed by atoms with Gasteiger partial charge in [0.1, 0.15) is 0 Å². The summed E-state index contributed by atoms with van der Waals surface area (Å²) >= 11 is 0. The number of nitrogens with one attached hydrogen (secondary N) is 1. The molecule has 5 heteroatoms. The fourth-order valence-electron chi connectivity index (χ4n) is 1.80. The number of hydrogen-bond donors (Lipinski definition) is 2. The van der Waals surface area contributed by atoms with Gasteiger partial charge in [0.15, 0.2) is 5.69 Å². The van der Waals surface area contributed by atoms with E-state index in [2.05, 4.69) is 14.9 Å². The predicted octanol–water partition coefficient (Wildman–Crippen LogP) is 0.0123. The van der Waals surface area contributed by atoms with Gasteiger partial charge in [-0.1, -0.05) is 0 Å². The van der Waals surface area contributed by atoms with Gasteiger partial charge < -0.3 is 10.5 Å². The molecule has 1 atom stereocenters. The number of esters is 1. The molecule has 0 spiro atoms. The molecule has 0 amide bonds. The van der Waals surface area contributed by atoms with Gasteiger partial charge in [0, 0.05) is 23.7 Å². The van der Waals surface area contributed by atoms with Crippen molar-refractivity contribution in [3.8, 4) is 0 Å². The molecule has 2 rings (SSSR count). The van der Waals surface area contributed by atoms with Gasteiger partial charge in [-0.25, -0.2) is 4.79 Å². The Hall–Kier alpha value is -1.36. The zero-order chi connectivity index (χ0) is 10.1. The minimum absolute atomic E-state index is 0.174. The third-order valence-corrected chi connectivity index (χ3v) is 2.56. The topological polar surface area (TPSA) is 81.0 Å². The molecule has 3 N–H and O–H groups in total. The fourth-order valence-corrected chi connectivity index (χ4v) is 1.80. The molecule has 0 saturated heterocycles. The summed E-state index contributed by atoms with van der Waals surface area (Å²) in [6, 6.07) is 0.174. The average molecular weight is 195 g/mol. The first-order valence-electron chi connectivity index (χ1n) is 4.62. The fraction of sp³-hybridized carbons (Fsp3) is 0.556. The minimum Gasteiger partial charge on any atom is -0.464 e. The highest BCUT2D eigenvalue weighted by molar-refractivity contribution is 5.89. The van der Waals surface area contributed by atoms with Gasteiger partial charge in [-0.15, -0.1) is 0 Å². The van der Waals surface area contributed by atoms with Crippen LogP contribution < -0.4 is 5.73 Å². The van der Waals surface area contributed by atoms with Crippen LogP contribution in [0.15, 0.2) is 0 Å². The van der Waals surface area contributed by atoms with Crippen LogP contribution in [-0.2, 0) is 17.6 Å². The molecular weight excluding hydrogens is 182 g/mol. The largest absolute Gasteiger partial charge is 0.464 e. The second-order valence-corrected chi connectivity index (χ2v) is 3.52. The second kappa shape index (κ2) is 3.42. The highest BCUT2D eigenvalue weighted by Crippen LogP contribution is 2.21. The number of hydrogen-bond acceptors (Lipinski definition) is 4. The lowest BCUT2D eigenvalue weighted by Crippen LogP contribution is -2.28. The number of carbonyl (C=O) groups is 1. The Balaban J connectivity index is 2.33. The number of nitrogens with two attached hydrogens (primary N) is 1. The molecule has 1 unspecified atom stereocenters. The average Bonchev–Trinajstić information content (AvgIpc) is 2.59. The van der Waals surface area contributed by atoms with Crippen LogP contribution in [0.3, 0.4) is 0 Å². The molecule has 0 radical (unpaired) electrons. The Bertz CT molecular complexity index is 359. The summed E-state index contributed by atoms with van der Waals surface area (Å²) in [6.07, 6.45) is 2.47. The van der Waals surface area contributed by atoms with Crippen molar-refractivity contribution < 1.29 is 9.53 Å². The van der Waals surface area contributed by atoms with Crippen LogP contribution in [0.1, 0.15) is 28.2 Å². The third-order valence-electron chi connectivity index (χ3n) is 2.56. The van der Waals surface area contributed by atoms with Gasteiger partial charge in [0.25, 0.3) is 0 Å². The number of carbonyl (C=O) groups excluding carboxylic acids is 1. The minimum atomic E-state index is -0.377. The maximum Gasteiger partial charge on any atom is 0.358 e. The van der Waals surface area contributed by atoms with E-state index in [0.717, 1.165) is 30.5 Å². The molecule has 0 aliphatic heterocycles. The number of H-pyrrole nitrogens is 1. The van der Waals surface area contributed by atoms with Crippen LogP contribution in [-0.4, -0.2) is 29.3 Å². The van der Waals surface area contributed by atoms with Crippen molar-refractivity contribution >= 4 is 5.97 Å². The number of aromatic amines is 1. The van der Waals surface area contributed by atoms with Crippen molar-refractivity contribution in [2.24, 2.45) is 5.73 Å². The van der Waals surface area contributed by atoms with Gasteiger partial charge in [-0.05, 0) is 12.8 Å². The van der Waals surface area contributed by atoms with E-state index in [0.29, 0.717) is 5.69 Å². The van der Waals surface area contributed by atoms with E-state index in [1.807, 2.05) is 0 Å². The molecule has 1 aromatic rings. The molecule has 14 heavy (non-hydrogen) atoms. The van der Waals surface area contributed by atoms with Crippen molar-refractivity contribution in [1.82, 2.24) is 10.2 Å². The van der Waals surface area contributed by atoms with Crippen LogP contribution in [0.2, 0.25) is 0 Å². The standard InChI is InChI=1S/C9H13N3O2/c1-14-9(13)8-6-3-2-5(10)4-7(6)11-12-8/h5H,2-4,10H2,1H3,(H,11,12). The maximum absolute atomic E-state index is 11.3. The van der Waals surface area contributed by atoms with Gasteiger partial charge in [0.05, 0.1) is 7.11 Å². The van der Waals surface area contributed by atoms with Crippen molar-refractivity contribution in [3.63, 3.8) is 0 Å². The normalized spacial score (nSPS) is 20.3. The van der Waals surface area contributed by atoms with Gasteiger partial charge in [-0.3, -0.25) is 5.10 Å². The first-order valence-corrected chi connectivity index (χ1v) is 4.62. The van der Waals surface area contributed by atoms with Crippen molar-refractivity contribution in [2.45, 2.75) is 25.3 Å². The van der Waals surface area contributed by atoms with Crippen LogP contribution in [0.4, 0.5) is 0 Å². The highest BCUT2D eigenvalue weighted by Gasteiger charge is 2.24. The third kappa shape index (κ3) is 1.39. The maximum atomic E-state index is 11.3. The van der Waals surface area contributed by atoms with E-state index in [-0.39, 0.29) is 12.0 Å². The Morgan fingerprint density at radius 3 is 3.21 bits per heavy atom. The summed E-state index contributed by atoms with van der Waals surface area (Å²) < 4.78 is 4.63. The van der Waals surface area contributed by atoms with Crippen LogP contribution >= 0.6 is 0 Å². The number of methoxy groups -OCH3 is 1. The van der Waals surface area contributed by atoms with Crippen molar-refractivity contribution in [3.05, 3.63) is 17.0 Å². The lowest BCUT2D eigenvalue weighted by atomic mass is 9.92. The van der Waals surface area contributed by atoms with E-state index in [1.165, 1.54) is 7.11 Å². The molecule has 1 heterocycles. The number of fused-ring (bicyclic) bond motifs is 1. The first kappa shape index (κ1) is 9.21. The van der Waals surface area contributed by atoms with Crippen LogP contribution in [0.25, 0.3) is 0 Å². The number of aromatic nitrogens is 2. The van der Waals surface area contributed by atoms with Crippen molar-refractivity contribution in [2.75, 3.05) is 7.11 Å². The molecule has 0 bridgehead atoms. The Morgan fingerprint density at radius 2 is 2.50 bits per heavy atom. The summed E-state index contributed by atoms with van der Waals surface area (Å²) in [5, 5.41) is 6.79. The summed E-state index contributed by atoms with van der Waals surface area (Å²) in [6.45, 7) is 0.